The lowest BCUT2D eigenvalue weighted by atomic mass is 10.2. The van der Waals surface area contributed by atoms with E-state index in [-0.39, 0.29) is 11.6 Å². The lowest BCUT2D eigenvalue weighted by molar-refractivity contribution is 0.447. The number of hydrogen-bond donors (Lipinski definition) is 1. The van der Waals surface area contributed by atoms with Crippen LogP contribution in [0.15, 0.2) is 48.8 Å². The fourth-order valence-electron chi connectivity index (χ4n) is 1.93. The minimum atomic E-state index is -0.525. The first-order valence-electron chi connectivity index (χ1n) is 5.80. The molecule has 2 aromatic heterocycles. The van der Waals surface area contributed by atoms with Crippen LogP contribution in [-0.4, -0.2) is 19.9 Å². The van der Waals surface area contributed by atoms with E-state index in [1.54, 1.807) is 12.1 Å². The van der Waals surface area contributed by atoms with E-state index in [1.165, 1.54) is 35.1 Å². The second-order valence-electron chi connectivity index (χ2n) is 4.14. The van der Waals surface area contributed by atoms with Gasteiger partial charge in [0.25, 0.3) is 0 Å². The molecule has 0 bridgehead atoms. The zero-order chi connectivity index (χ0) is 14.1. The molecule has 0 aliphatic carbocycles. The third-order valence-corrected chi connectivity index (χ3v) is 2.78. The molecule has 0 atom stereocenters. The second kappa shape index (κ2) is 4.73. The Balaban J connectivity index is 2.21. The Labute approximate surface area is 112 Å². The molecule has 0 fully saturated rings. The predicted molar refractivity (Wildman–Crippen MR) is 68.4 cm³/mol. The summed E-state index contributed by atoms with van der Waals surface area (Å²) in [5, 5.41) is 13.4. The Bertz CT molecular complexity index is 771. The standard InChI is InChI=1S/C14H9F2N3O/c15-10-5-9(7-17-8-10)13-6-14(20)18-19(13)12-4-2-1-3-11(12)16/h1-8H,(H,18,20). The van der Waals surface area contributed by atoms with E-state index < -0.39 is 11.6 Å². The number of aromatic nitrogens is 3. The summed E-state index contributed by atoms with van der Waals surface area (Å²) in [5.41, 5.74) is 0.896. The maximum Gasteiger partial charge on any atom is 0.231 e. The lowest BCUT2D eigenvalue weighted by Gasteiger charge is -2.07. The highest BCUT2D eigenvalue weighted by molar-refractivity contribution is 5.62. The Morgan fingerprint density at radius 3 is 2.60 bits per heavy atom. The molecule has 0 saturated heterocycles. The van der Waals surface area contributed by atoms with Crippen LogP contribution in [0.4, 0.5) is 8.78 Å². The van der Waals surface area contributed by atoms with E-state index in [9.17, 15) is 13.9 Å². The molecule has 0 unspecified atom stereocenters. The number of benzene rings is 1. The van der Waals surface area contributed by atoms with Crippen molar-refractivity contribution in [3.05, 3.63) is 60.4 Å². The molecular formula is C14H9F2N3O. The van der Waals surface area contributed by atoms with Gasteiger partial charge >= 0.3 is 0 Å². The fraction of sp³-hybridized carbons (Fsp3) is 0. The zero-order valence-corrected chi connectivity index (χ0v) is 10.2. The summed E-state index contributed by atoms with van der Waals surface area (Å²) in [5.74, 6) is -1.31. The normalized spacial score (nSPS) is 10.7. The van der Waals surface area contributed by atoms with Crippen molar-refractivity contribution in [3.8, 4) is 22.8 Å². The molecule has 20 heavy (non-hydrogen) atoms. The van der Waals surface area contributed by atoms with Crippen molar-refractivity contribution in [3.63, 3.8) is 0 Å². The number of rotatable bonds is 2. The van der Waals surface area contributed by atoms with Crippen molar-refractivity contribution >= 4 is 0 Å². The quantitative estimate of drug-likeness (QED) is 0.781. The fourth-order valence-corrected chi connectivity index (χ4v) is 1.93. The monoisotopic (exact) mass is 273 g/mol. The molecule has 3 rings (SSSR count). The van der Waals surface area contributed by atoms with Crippen LogP contribution in [0.5, 0.6) is 5.88 Å². The number of nitrogens with zero attached hydrogens (tertiary/aromatic N) is 3. The lowest BCUT2D eigenvalue weighted by Crippen LogP contribution is -2.02. The Morgan fingerprint density at radius 1 is 1.05 bits per heavy atom. The second-order valence-corrected chi connectivity index (χ2v) is 4.14. The molecule has 0 radical (unpaired) electrons. The van der Waals surface area contributed by atoms with E-state index in [2.05, 4.69) is 10.1 Å². The summed E-state index contributed by atoms with van der Waals surface area (Å²) < 4.78 is 28.3. The van der Waals surface area contributed by atoms with Gasteiger partial charge in [-0.2, -0.15) is 0 Å². The van der Waals surface area contributed by atoms with Crippen LogP contribution in [0.2, 0.25) is 0 Å². The molecule has 1 aromatic carbocycles. The van der Waals surface area contributed by atoms with Crippen molar-refractivity contribution in [2.24, 2.45) is 0 Å². The number of hydrogen-bond acceptors (Lipinski definition) is 3. The van der Waals surface area contributed by atoms with Gasteiger partial charge in [0.05, 0.1) is 11.9 Å². The topological polar surface area (TPSA) is 50.9 Å². The van der Waals surface area contributed by atoms with Gasteiger partial charge in [-0.1, -0.05) is 12.1 Å². The van der Waals surface area contributed by atoms with Gasteiger partial charge in [-0.3, -0.25) is 4.98 Å². The van der Waals surface area contributed by atoms with Crippen molar-refractivity contribution in [2.45, 2.75) is 0 Å². The first-order valence-corrected chi connectivity index (χ1v) is 5.80. The molecule has 2 heterocycles. The van der Waals surface area contributed by atoms with Gasteiger partial charge in [0.2, 0.25) is 5.88 Å². The number of aromatic hydroxyl groups is 1. The first kappa shape index (κ1) is 12.3. The Morgan fingerprint density at radius 2 is 1.85 bits per heavy atom. The minimum Gasteiger partial charge on any atom is -0.492 e. The first-order chi connectivity index (χ1) is 9.65. The molecule has 100 valence electrons. The van der Waals surface area contributed by atoms with Crippen LogP contribution in [0, 0.1) is 11.6 Å². The summed E-state index contributed by atoms with van der Waals surface area (Å²) in [4.78, 5) is 3.74. The van der Waals surface area contributed by atoms with Gasteiger partial charge in [0.1, 0.15) is 17.3 Å². The van der Waals surface area contributed by atoms with Gasteiger partial charge in [0.15, 0.2) is 0 Å². The number of halogens is 2. The van der Waals surface area contributed by atoms with Gasteiger partial charge in [0, 0.05) is 17.8 Å². The van der Waals surface area contributed by atoms with Gasteiger partial charge in [-0.25, -0.2) is 13.5 Å². The minimum absolute atomic E-state index is 0.159. The molecule has 0 amide bonds. The number of para-hydroxylation sites is 1. The molecule has 0 saturated carbocycles. The molecule has 4 nitrogen and oxygen atoms in total. The van der Waals surface area contributed by atoms with Crippen LogP contribution < -0.4 is 0 Å². The SMILES string of the molecule is Oc1cc(-c2cncc(F)c2)n(-c2ccccc2F)n1. The molecule has 0 aliphatic rings. The van der Waals surface area contributed by atoms with Crippen molar-refractivity contribution in [1.82, 2.24) is 14.8 Å². The average Bonchev–Trinajstić information content (AvgIpc) is 2.81. The number of pyridine rings is 1. The van der Waals surface area contributed by atoms with Gasteiger partial charge in [-0.15, -0.1) is 5.10 Å². The van der Waals surface area contributed by atoms with Crippen molar-refractivity contribution in [1.29, 1.82) is 0 Å². The zero-order valence-electron chi connectivity index (χ0n) is 10.2. The van der Waals surface area contributed by atoms with Crippen LogP contribution >= 0.6 is 0 Å². The summed E-state index contributed by atoms with van der Waals surface area (Å²) in [7, 11) is 0. The maximum absolute atomic E-state index is 13.8. The molecule has 0 spiro atoms. The van der Waals surface area contributed by atoms with Gasteiger partial charge < -0.3 is 5.11 Å². The highest BCUT2D eigenvalue weighted by Crippen LogP contribution is 2.27. The third-order valence-electron chi connectivity index (χ3n) is 2.78. The van der Waals surface area contributed by atoms with Crippen molar-refractivity contribution in [2.75, 3.05) is 0 Å². The summed E-state index contributed by atoms with van der Waals surface area (Å²) in [6.07, 6.45) is 2.48. The summed E-state index contributed by atoms with van der Waals surface area (Å²) >= 11 is 0. The van der Waals surface area contributed by atoms with Crippen LogP contribution in [0.1, 0.15) is 0 Å². The summed E-state index contributed by atoms with van der Waals surface area (Å²) in [6, 6.07) is 8.54. The van der Waals surface area contributed by atoms with E-state index in [4.69, 9.17) is 0 Å². The highest BCUT2D eigenvalue weighted by atomic mass is 19.1. The van der Waals surface area contributed by atoms with E-state index in [1.807, 2.05) is 0 Å². The molecule has 3 aromatic rings. The largest absolute Gasteiger partial charge is 0.492 e. The third kappa shape index (κ3) is 2.11. The maximum atomic E-state index is 13.8. The molecular weight excluding hydrogens is 264 g/mol. The smallest absolute Gasteiger partial charge is 0.231 e. The Hall–Kier alpha value is -2.76. The van der Waals surface area contributed by atoms with Crippen molar-refractivity contribution < 1.29 is 13.9 Å². The van der Waals surface area contributed by atoms with E-state index >= 15 is 0 Å². The molecule has 1 N–H and O–H groups in total. The van der Waals surface area contributed by atoms with Crippen LogP contribution in [0.25, 0.3) is 16.9 Å². The van der Waals surface area contributed by atoms with Crippen LogP contribution in [0.3, 0.4) is 0 Å². The average molecular weight is 273 g/mol. The van der Waals surface area contributed by atoms with Gasteiger partial charge in [-0.05, 0) is 18.2 Å². The predicted octanol–water partition coefficient (Wildman–Crippen LogP) is 2.92. The molecule has 0 aliphatic heterocycles. The van der Waals surface area contributed by atoms with E-state index in [0.717, 1.165) is 6.20 Å². The van der Waals surface area contributed by atoms with Crippen LogP contribution in [-0.2, 0) is 0 Å². The molecule has 6 heteroatoms. The summed E-state index contributed by atoms with van der Waals surface area (Å²) in [6.45, 7) is 0. The highest BCUT2D eigenvalue weighted by Gasteiger charge is 2.14. The Kier molecular flexibility index (Phi) is 2.90. The van der Waals surface area contributed by atoms with E-state index in [0.29, 0.717) is 11.3 Å².